The zero-order valence-corrected chi connectivity index (χ0v) is 12.1. The van der Waals surface area contributed by atoms with Crippen LogP contribution in [0.1, 0.15) is 32.0 Å². The van der Waals surface area contributed by atoms with E-state index in [1.165, 1.54) is 6.20 Å². The average molecular weight is 322 g/mol. The number of aromatic amines is 1. The third kappa shape index (κ3) is 2.56. The second kappa shape index (κ2) is 4.70. The maximum absolute atomic E-state index is 12.1. The van der Waals surface area contributed by atoms with Gasteiger partial charge < -0.3 is 4.98 Å². The number of rotatable bonds is 5. The molecule has 2 rings (SSSR count). The van der Waals surface area contributed by atoms with Crippen LogP contribution < -0.4 is 4.72 Å². The minimum atomic E-state index is -3.48. The second-order valence-corrected chi connectivity index (χ2v) is 6.63. The Bertz CT molecular complexity index is 488. The number of hydrogen-bond acceptors (Lipinski definition) is 3. The van der Waals surface area contributed by atoms with E-state index in [4.69, 9.17) is 0 Å². The molecule has 1 heterocycles. The zero-order valence-electron chi connectivity index (χ0n) is 9.66. The summed E-state index contributed by atoms with van der Waals surface area (Å²) in [6, 6.07) is 0. The monoisotopic (exact) mass is 321 g/mol. The fraction of sp³-hybridized carbons (Fsp3) is 0.700. The van der Waals surface area contributed by atoms with Crippen LogP contribution in [0.25, 0.3) is 0 Å². The highest BCUT2D eigenvalue weighted by Crippen LogP contribution is 2.34. The van der Waals surface area contributed by atoms with Crippen LogP contribution in [-0.2, 0) is 16.4 Å². The number of nitrogens with zero attached hydrogens (tertiary/aromatic N) is 1. The molecule has 1 aliphatic carbocycles. The summed E-state index contributed by atoms with van der Waals surface area (Å²) >= 11 is 3.37. The number of alkyl halides is 1. The van der Waals surface area contributed by atoms with Crippen LogP contribution >= 0.6 is 15.9 Å². The highest BCUT2D eigenvalue weighted by molar-refractivity contribution is 9.09. The van der Waals surface area contributed by atoms with Gasteiger partial charge in [-0.25, -0.2) is 18.1 Å². The molecule has 0 atom stereocenters. The summed E-state index contributed by atoms with van der Waals surface area (Å²) in [5.74, 6) is 0.687. The van der Waals surface area contributed by atoms with E-state index in [-0.39, 0.29) is 10.6 Å². The van der Waals surface area contributed by atoms with Crippen LogP contribution in [0.15, 0.2) is 11.2 Å². The van der Waals surface area contributed by atoms with Gasteiger partial charge in [-0.3, -0.25) is 0 Å². The van der Waals surface area contributed by atoms with Crippen LogP contribution in [-0.4, -0.2) is 29.3 Å². The number of H-pyrrole nitrogens is 1. The van der Waals surface area contributed by atoms with Crippen molar-refractivity contribution in [3.63, 3.8) is 0 Å². The average Bonchev–Trinajstić information content (AvgIpc) is 2.72. The molecule has 0 radical (unpaired) electrons. The Morgan fingerprint density at radius 3 is 2.71 bits per heavy atom. The SMILES string of the molecule is CCc1ncc(S(=O)(=O)NC2(CBr)CCC2)[nH]1. The molecule has 0 bridgehead atoms. The molecule has 1 fully saturated rings. The Labute approximate surface area is 110 Å². The highest BCUT2D eigenvalue weighted by Gasteiger charge is 2.40. The fourth-order valence-corrected chi connectivity index (χ4v) is 4.15. The molecular weight excluding hydrogens is 306 g/mol. The van der Waals surface area contributed by atoms with Gasteiger partial charge in [0, 0.05) is 17.3 Å². The molecular formula is C10H16BrN3O2S. The Balaban J connectivity index is 2.18. The molecule has 0 spiro atoms. The van der Waals surface area contributed by atoms with Crippen molar-refractivity contribution in [2.75, 3.05) is 5.33 Å². The number of halogens is 1. The first-order valence-electron chi connectivity index (χ1n) is 5.65. The molecule has 1 saturated carbocycles. The van der Waals surface area contributed by atoms with Gasteiger partial charge in [0.05, 0.1) is 6.20 Å². The number of aromatic nitrogens is 2. The largest absolute Gasteiger partial charge is 0.332 e. The lowest BCUT2D eigenvalue weighted by Crippen LogP contribution is -2.54. The Kier molecular flexibility index (Phi) is 3.61. The summed E-state index contributed by atoms with van der Waals surface area (Å²) in [6.07, 6.45) is 4.90. The number of nitrogens with one attached hydrogen (secondary N) is 2. The van der Waals surface area contributed by atoms with Crippen molar-refractivity contribution >= 4 is 26.0 Å². The first kappa shape index (κ1) is 13.0. The molecule has 0 aliphatic heterocycles. The number of sulfonamides is 1. The third-order valence-corrected chi connectivity index (χ3v) is 5.71. The van der Waals surface area contributed by atoms with Crippen LogP contribution in [0.4, 0.5) is 0 Å². The van der Waals surface area contributed by atoms with Gasteiger partial charge in [0.2, 0.25) is 0 Å². The Morgan fingerprint density at radius 2 is 2.29 bits per heavy atom. The standard InChI is InChI=1S/C10H16BrN3O2S/c1-2-8-12-6-9(13-8)17(15,16)14-10(7-11)4-3-5-10/h6,14H,2-5,7H2,1H3,(H,12,13). The van der Waals surface area contributed by atoms with Crippen molar-refractivity contribution in [1.29, 1.82) is 0 Å². The maximum atomic E-state index is 12.1. The molecule has 1 aliphatic rings. The minimum Gasteiger partial charge on any atom is -0.332 e. The van der Waals surface area contributed by atoms with Crippen molar-refractivity contribution in [1.82, 2.24) is 14.7 Å². The van der Waals surface area contributed by atoms with Crippen molar-refractivity contribution in [3.05, 3.63) is 12.0 Å². The molecule has 5 nitrogen and oxygen atoms in total. The van der Waals surface area contributed by atoms with Gasteiger partial charge in [-0.1, -0.05) is 22.9 Å². The van der Waals surface area contributed by atoms with Gasteiger partial charge in [-0.15, -0.1) is 0 Å². The van der Waals surface area contributed by atoms with Gasteiger partial charge in [0.1, 0.15) is 5.82 Å². The summed E-state index contributed by atoms with van der Waals surface area (Å²) < 4.78 is 27.0. The van der Waals surface area contributed by atoms with E-state index in [2.05, 4.69) is 30.6 Å². The van der Waals surface area contributed by atoms with Gasteiger partial charge in [-0.05, 0) is 19.3 Å². The van der Waals surface area contributed by atoms with Gasteiger partial charge in [0.25, 0.3) is 10.0 Å². The van der Waals surface area contributed by atoms with Crippen molar-refractivity contribution < 1.29 is 8.42 Å². The topological polar surface area (TPSA) is 74.8 Å². The third-order valence-electron chi connectivity index (χ3n) is 3.15. The second-order valence-electron chi connectivity index (χ2n) is 4.42. The van der Waals surface area contributed by atoms with Gasteiger partial charge in [-0.2, -0.15) is 0 Å². The normalized spacial score (nSPS) is 18.9. The lowest BCUT2D eigenvalue weighted by atomic mass is 9.80. The zero-order chi connectivity index (χ0) is 12.5. The van der Waals surface area contributed by atoms with E-state index < -0.39 is 10.0 Å². The summed E-state index contributed by atoms with van der Waals surface area (Å²) in [7, 11) is -3.48. The molecule has 17 heavy (non-hydrogen) atoms. The lowest BCUT2D eigenvalue weighted by molar-refractivity contribution is 0.256. The highest BCUT2D eigenvalue weighted by atomic mass is 79.9. The smallest absolute Gasteiger partial charge is 0.258 e. The van der Waals surface area contributed by atoms with E-state index >= 15 is 0 Å². The number of aryl methyl sites for hydroxylation is 1. The van der Waals surface area contributed by atoms with Crippen LogP contribution in [0.3, 0.4) is 0 Å². The van der Waals surface area contributed by atoms with Crippen molar-refractivity contribution in [2.24, 2.45) is 0 Å². The predicted octanol–water partition coefficient (Wildman–Crippen LogP) is 1.57. The van der Waals surface area contributed by atoms with E-state index in [0.717, 1.165) is 19.3 Å². The van der Waals surface area contributed by atoms with E-state index in [1.54, 1.807) is 0 Å². The van der Waals surface area contributed by atoms with E-state index in [0.29, 0.717) is 17.6 Å². The molecule has 7 heteroatoms. The number of imidazole rings is 1. The van der Waals surface area contributed by atoms with Crippen LogP contribution in [0, 0.1) is 0 Å². The van der Waals surface area contributed by atoms with Gasteiger partial charge in [0.15, 0.2) is 5.03 Å². The summed E-state index contributed by atoms with van der Waals surface area (Å²) in [6.45, 7) is 1.93. The first-order chi connectivity index (χ1) is 8.01. The minimum absolute atomic E-state index is 0.154. The van der Waals surface area contributed by atoms with Crippen LogP contribution in [0.5, 0.6) is 0 Å². The summed E-state index contributed by atoms with van der Waals surface area (Å²) in [5, 5.41) is 0.801. The molecule has 1 aromatic rings. The maximum Gasteiger partial charge on any atom is 0.258 e. The van der Waals surface area contributed by atoms with E-state index in [9.17, 15) is 8.42 Å². The van der Waals surface area contributed by atoms with Crippen LogP contribution in [0.2, 0.25) is 0 Å². The molecule has 96 valence electrons. The molecule has 0 amide bonds. The molecule has 0 aromatic carbocycles. The predicted molar refractivity (Wildman–Crippen MR) is 68.7 cm³/mol. The molecule has 1 aromatic heterocycles. The van der Waals surface area contributed by atoms with Crippen molar-refractivity contribution in [3.8, 4) is 0 Å². The van der Waals surface area contributed by atoms with Gasteiger partial charge >= 0.3 is 0 Å². The van der Waals surface area contributed by atoms with Crippen molar-refractivity contribution in [2.45, 2.75) is 43.2 Å². The summed E-state index contributed by atoms with van der Waals surface area (Å²) in [5.41, 5.74) is -0.309. The Hall–Kier alpha value is -0.400. The number of hydrogen-bond donors (Lipinski definition) is 2. The fourth-order valence-electron chi connectivity index (χ4n) is 1.87. The molecule has 0 unspecified atom stereocenters. The molecule has 2 N–H and O–H groups in total. The molecule has 0 saturated heterocycles. The lowest BCUT2D eigenvalue weighted by Gasteiger charge is -2.40. The Morgan fingerprint density at radius 1 is 1.59 bits per heavy atom. The van der Waals surface area contributed by atoms with E-state index in [1.807, 2.05) is 6.92 Å². The summed E-state index contributed by atoms with van der Waals surface area (Å²) in [4.78, 5) is 6.84. The first-order valence-corrected chi connectivity index (χ1v) is 8.26. The quantitative estimate of drug-likeness (QED) is 0.808.